The monoisotopic (exact) mass is 1060 g/mol. The Kier molecular flexibility index (Phi) is 54.7. The van der Waals surface area contributed by atoms with Crippen LogP contribution in [0.5, 0.6) is 0 Å². The maximum atomic E-state index is 12.9. The van der Waals surface area contributed by atoms with Crippen molar-refractivity contribution >= 4 is 25.7 Å². The van der Waals surface area contributed by atoms with Gasteiger partial charge in [0.2, 0.25) is 0 Å². The molecule has 0 rings (SSSR count). The van der Waals surface area contributed by atoms with Crippen molar-refractivity contribution in [2.75, 3.05) is 26.4 Å². The fourth-order valence-electron chi connectivity index (χ4n) is 8.54. The van der Waals surface area contributed by atoms with Crippen LogP contribution in [0.1, 0.15) is 290 Å². The van der Waals surface area contributed by atoms with E-state index in [4.69, 9.17) is 23.3 Å². The number of carbonyl (C=O) groups is 3. The molecule has 0 fully saturated rings. The van der Waals surface area contributed by atoms with Gasteiger partial charge in [-0.05, 0) is 83.5 Å². The smallest absolute Gasteiger partial charge is 0.462 e. The average Bonchev–Trinajstić information content (AvgIpc) is 3.39. The fraction of sp³-hybridized carbons (Fsp3) is 0.823. The Balaban J connectivity index is 4.70. The van der Waals surface area contributed by atoms with Crippen molar-refractivity contribution in [2.45, 2.75) is 303 Å². The predicted octanol–water partition coefficient (Wildman–Crippen LogP) is 18.1. The summed E-state index contributed by atoms with van der Waals surface area (Å²) in [7, 11) is -4.75. The maximum Gasteiger partial charge on any atom is 0.472 e. The van der Waals surface area contributed by atoms with Crippen LogP contribution in [0.15, 0.2) is 48.6 Å². The van der Waals surface area contributed by atoms with Crippen LogP contribution in [0.4, 0.5) is 0 Å². The predicted molar refractivity (Wildman–Crippen MR) is 307 cm³/mol. The lowest BCUT2D eigenvalue weighted by Gasteiger charge is -2.21. The molecule has 0 amide bonds. The Bertz CT molecular complexity index is 1430. The molecule has 0 aromatic heterocycles. The molecule has 432 valence electrons. The molecular formula is C62H113O11P. The number of aliphatic hydroxyl groups is 1. The second kappa shape index (κ2) is 56.6. The van der Waals surface area contributed by atoms with Crippen LogP contribution in [0.2, 0.25) is 0 Å². The van der Waals surface area contributed by atoms with Gasteiger partial charge in [0.1, 0.15) is 12.7 Å². The van der Waals surface area contributed by atoms with E-state index in [1.807, 2.05) is 0 Å². The number of ether oxygens (including phenoxy) is 3. The molecule has 3 unspecified atom stereocenters. The number of hydrogen-bond donors (Lipinski definition) is 2. The molecule has 74 heavy (non-hydrogen) atoms. The maximum absolute atomic E-state index is 12.9. The number of carbonyl (C=O) groups excluding carboxylic acids is 3. The molecule has 0 bridgehead atoms. The highest BCUT2D eigenvalue weighted by Crippen LogP contribution is 2.43. The molecule has 12 heteroatoms. The first-order chi connectivity index (χ1) is 36.2. The number of rotatable bonds is 57. The van der Waals surface area contributed by atoms with Gasteiger partial charge in [0.15, 0.2) is 6.10 Å². The van der Waals surface area contributed by atoms with Gasteiger partial charge >= 0.3 is 25.7 Å². The van der Waals surface area contributed by atoms with Gasteiger partial charge in [-0.15, -0.1) is 0 Å². The minimum atomic E-state index is -4.75. The van der Waals surface area contributed by atoms with Gasteiger partial charge in [0, 0.05) is 19.3 Å². The Morgan fingerprint density at radius 2 is 0.662 bits per heavy atom. The summed E-state index contributed by atoms with van der Waals surface area (Å²) in [6.07, 6.45) is 60.6. The van der Waals surface area contributed by atoms with E-state index in [9.17, 15) is 28.9 Å². The molecule has 0 heterocycles. The third-order valence-corrected chi connectivity index (χ3v) is 14.2. The molecule has 0 saturated heterocycles. The topological polar surface area (TPSA) is 155 Å². The molecule has 3 atom stereocenters. The van der Waals surface area contributed by atoms with Gasteiger partial charge in [-0.1, -0.05) is 236 Å². The third-order valence-electron chi connectivity index (χ3n) is 13.2. The molecule has 2 N–H and O–H groups in total. The zero-order chi connectivity index (χ0) is 54.1. The highest BCUT2D eigenvalue weighted by Gasteiger charge is 2.28. The van der Waals surface area contributed by atoms with Crippen molar-refractivity contribution < 1.29 is 52.2 Å². The second-order valence-electron chi connectivity index (χ2n) is 20.5. The number of aliphatic hydroxyl groups excluding tert-OH is 1. The minimum Gasteiger partial charge on any atom is -0.462 e. The van der Waals surface area contributed by atoms with Crippen molar-refractivity contribution in [1.29, 1.82) is 0 Å². The summed E-state index contributed by atoms with van der Waals surface area (Å²) >= 11 is 0. The number of esters is 3. The van der Waals surface area contributed by atoms with Crippen molar-refractivity contribution in [3.05, 3.63) is 48.6 Å². The van der Waals surface area contributed by atoms with Crippen LogP contribution in [-0.4, -0.2) is 66.5 Å². The van der Waals surface area contributed by atoms with E-state index in [0.717, 1.165) is 89.9 Å². The molecule has 0 aliphatic rings. The lowest BCUT2D eigenvalue weighted by atomic mass is 10.1. The molecule has 0 aliphatic heterocycles. The van der Waals surface area contributed by atoms with E-state index in [-0.39, 0.29) is 25.9 Å². The normalized spacial score (nSPS) is 13.6. The third kappa shape index (κ3) is 54.2. The molecule has 11 nitrogen and oxygen atoms in total. The zero-order valence-corrected chi connectivity index (χ0v) is 48.7. The van der Waals surface area contributed by atoms with Crippen molar-refractivity contribution in [3.63, 3.8) is 0 Å². The Morgan fingerprint density at radius 1 is 0.378 bits per heavy atom. The Labute approximate surface area is 453 Å². The summed E-state index contributed by atoms with van der Waals surface area (Å²) in [4.78, 5) is 48.6. The second-order valence-corrected chi connectivity index (χ2v) is 22.0. The number of phosphoric ester groups is 1. The van der Waals surface area contributed by atoms with Gasteiger partial charge in [-0.3, -0.25) is 23.4 Å². The summed E-state index contributed by atoms with van der Waals surface area (Å²) in [5.74, 6) is -1.46. The Hall–Kier alpha value is -2.56. The van der Waals surface area contributed by atoms with Crippen LogP contribution in [0, 0.1) is 0 Å². The standard InChI is InChI=1S/C62H113O11P/c1-4-7-10-13-16-19-22-24-26-28-29-31-32-34-37-39-42-45-48-51-60(64)69-55-59(73-62(66)53-50-47-44-41-38-35-33-30-27-25-23-20-17-14-11-8-5-2)57-71-74(67,68)70-56-58(54-63)72-61(65)52-49-46-43-40-36-21-18-15-12-9-6-3/h16-17,19-20,24-27,58-59,63H,4-15,18,21-23,28-57H2,1-3H3,(H,67,68)/b19-16-,20-17-,26-24-,27-25-. The van der Waals surface area contributed by atoms with Crippen molar-refractivity contribution in [1.82, 2.24) is 0 Å². The SMILES string of the molecule is CCCCC/C=C\C/C=C\CCCCCCCCCCCC(=O)OCC(COP(=O)(O)OCC(CO)OC(=O)CCCCCCCCCCCCC)OC(=O)CCCCCCCCC/C=C\C/C=C\CCCCC. The zero-order valence-electron chi connectivity index (χ0n) is 47.8. The van der Waals surface area contributed by atoms with Gasteiger partial charge in [-0.2, -0.15) is 0 Å². The Morgan fingerprint density at radius 3 is 1.03 bits per heavy atom. The van der Waals surface area contributed by atoms with Gasteiger partial charge in [-0.25, -0.2) is 4.57 Å². The molecule has 0 saturated carbocycles. The van der Waals surface area contributed by atoms with Gasteiger partial charge < -0.3 is 24.2 Å². The number of unbranched alkanes of at least 4 members (excludes halogenated alkanes) is 32. The van der Waals surface area contributed by atoms with E-state index >= 15 is 0 Å². The van der Waals surface area contributed by atoms with Crippen LogP contribution in [0.3, 0.4) is 0 Å². The average molecular weight is 1070 g/mol. The highest BCUT2D eigenvalue weighted by molar-refractivity contribution is 7.47. The van der Waals surface area contributed by atoms with Crippen molar-refractivity contribution in [3.8, 4) is 0 Å². The van der Waals surface area contributed by atoms with Crippen LogP contribution in [0.25, 0.3) is 0 Å². The molecule has 0 radical (unpaired) electrons. The summed E-state index contributed by atoms with van der Waals surface area (Å²) < 4.78 is 39.6. The van der Waals surface area contributed by atoms with E-state index in [1.54, 1.807) is 0 Å². The molecule has 0 aliphatic carbocycles. The summed E-state index contributed by atoms with van der Waals surface area (Å²) in [6.45, 7) is 4.61. The first-order valence-corrected chi connectivity index (χ1v) is 32.0. The summed E-state index contributed by atoms with van der Waals surface area (Å²) in [5.41, 5.74) is 0. The van der Waals surface area contributed by atoms with Crippen LogP contribution in [-0.2, 0) is 42.2 Å². The largest absolute Gasteiger partial charge is 0.472 e. The van der Waals surface area contributed by atoms with E-state index in [2.05, 4.69) is 69.4 Å². The molecular weight excluding hydrogens is 952 g/mol. The molecule has 0 spiro atoms. The van der Waals surface area contributed by atoms with Gasteiger partial charge in [0.05, 0.1) is 19.8 Å². The summed E-state index contributed by atoms with van der Waals surface area (Å²) in [5, 5.41) is 9.81. The summed E-state index contributed by atoms with van der Waals surface area (Å²) in [6, 6.07) is 0. The lowest BCUT2D eigenvalue weighted by Crippen LogP contribution is -2.30. The number of allylic oxidation sites excluding steroid dienone is 8. The van der Waals surface area contributed by atoms with Crippen LogP contribution >= 0.6 is 7.82 Å². The molecule has 0 aromatic carbocycles. The number of phosphoric acid groups is 1. The first kappa shape index (κ1) is 71.4. The van der Waals surface area contributed by atoms with E-state index in [0.29, 0.717) is 19.3 Å². The first-order valence-electron chi connectivity index (χ1n) is 30.5. The fourth-order valence-corrected chi connectivity index (χ4v) is 9.32. The quantitative estimate of drug-likeness (QED) is 0.0197. The van der Waals surface area contributed by atoms with Crippen LogP contribution < -0.4 is 0 Å². The van der Waals surface area contributed by atoms with Crippen molar-refractivity contribution in [2.24, 2.45) is 0 Å². The van der Waals surface area contributed by atoms with Gasteiger partial charge in [0.25, 0.3) is 0 Å². The highest BCUT2D eigenvalue weighted by atomic mass is 31.2. The number of hydrogen-bond acceptors (Lipinski definition) is 10. The lowest BCUT2D eigenvalue weighted by molar-refractivity contribution is -0.161. The van der Waals surface area contributed by atoms with E-state index in [1.165, 1.54) is 141 Å². The minimum absolute atomic E-state index is 0.160. The molecule has 0 aromatic rings. The van der Waals surface area contributed by atoms with E-state index < -0.39 is 57.8 Å².